The van der Waals surface area contributed by atoms with E-state index in [2.05, 4.69) is 24.3 Å². The molecule has 0 spiro atoms. The average molecular weight is 717 g/mol. The Labute approximate surface area is 309 Å². The van der Waals surface area contributed by atoms with E-state index in [1.807, 2.05) is 97.1 Å². The highest BCUT2D eigenvalue weighted by Gasteiger charge is 2.15. The Morgan fingerprint density at radius 3 is 1.23 bits per heavy atom. The molecule has 0 saturated carbocycles. The number of aliphatic hydroxyl groups excluding tert-OH is 1. The van der Waals surface area contributed by atoms with Gasteiger partial charge in [-0.3, -0.25) is 0 Å². The lowest BCUT2D eigenvalue weighted by Gasteiger charge is -2.23. The number of ether oxygens (including phenoxy) is 8. The Morgan fingerprint density at radius 1 is 0.500 bits per heavy atom. The lowest BCUT2D eigenvalue weighted by Crippen LogP contribution is -2.29. The zero-order chi connectivity index (χ0) is 36.2. The third-order valence-electron chi connectivity index (χ3n) is 7.98. The molecule has 282 valence electrons. The summed E-state index contributed by atoms with van der Waals surface area (Å²) in [6.45, 7) is 6.10. The number of aliphatic hydroxyl groups is 1. The van der Waals surface area contributed by atoms with Crippen LogP contribution < -0.4 is 0 Å². The van der Waals surface area contributed by atoms with Crippen LogP contribution in [0.1, 0.15) is 41.5 Å². The molecule has 1 N–H and O–H groups in total. The van der Waals surface area contributed by atoms with Gasteiger partial charge in [-0.1, -0.05) is 121 Å². The first-order valence-corrected chi connectivity index (χ1v) is 18.3. The van der Waals surface area contributed by atoms with Crippen molar-refractivity contribution in [3.63, 3.8) is 0 Å². The van der Waals surface area contributed by atoms with Crippen molar-refractivity contribution >= 4 is 0 Å². The first kappa shape index (κ1) is 41.3. The predicted molar refractivity (Wildman–Crippen MR) is 201 cm³/mol. The van der Waals surface area contributed by atoms with Gasteiger partial charge in [0.15, 0.2) is 6.29 Å². The van der Waals surface area contributed by atoms with Crippen LogP contribution in [0.2, 0.25) is 0 Å². The third-order valence-corrected chi connectivity index (χ3v) is 7.98. The van der Waals surface area contributed by atoms with Gasteiger partial charge in [-0.25, -0.2) is 0 Å². The Bertz CT molecular complexity index is 1280. The standard InChI is InChI=1S/C24H32O5.C19H24O4/c1-3-9-21(10-4-1)17-25-19-23(20-26-18-22-11-5-2-6-12-22)27-15-16-29-24-13-7-8-14-28-24;20-11-12-23-19(15-21-13-17-7-3-1-4-8-17)16-22-14-18-9-5-2-6-10-18/h1-6,9-12,23-24H,7-8,13-20H2;1-10,19-20H,11-16H2. The second-order valence-electron chi connectivity index (χ2n) is 12.4. The molecule has 4 aromatic rings. The smallest absolute Gasteiger partial charge is 0.157 e. The van der Waals surface area contributed by atoms with Crippen LogP contribution in [0.3, 0.4) is 0 Å². The number of benzene rings is 4. The second kappa shape index (κ2) is 27.2. The summed E-state index contributed by atoms with van der Waals surface area (Å²) < 4.78 is 46.0. The third kappa shape index (κ3) is 18.8. The van der Waals surface area contributed by atoms with Gasteiger partial charge in [-0.2, -0.15) is 0 Å². The van der Waals surface area contributed by atoms with Gasteiger partial charge in [0.1, 0.15) is 12.2 Å². The molecule has 1 aliphatic heterocycles. The van der Waals surface area contributed by atoms with Crippen molar-refractivity contribution in [2.45, 2.75) is 64.2 Å². The molecule has 0 radical (unpaired) electrons. The fourth-order valence-electron chi connectivity index (χ4n) is 5.27. The predicted octanol–water partition coefficient (Wildman–Crippen LogP) is 7.15. The quantitative estimate of drug-likeness (QED) is 0.0760. The van der Waals surface area contributed by atoms with E-state index < -0.39 is 0 Å². The highest BCUT2D eigenvalue weighted by molar-refractivity contribution is 5.15. The number of hydrogen-bond donors (Lipinski definition) is 1. The molecule has 0 aromatic heterocycles. The van der Waals surface area contributed by atoms with Crippen LogP contribution in [-0.4, -0.2) is 83.1 Å². The maximum Gasteiger partial charge on any atom is 0.157 e. The van der Waals surface area contributed by atoms with E-state index >= 15 is 0 Å². The lowest BCUT2D eigenvalue weighted by molar-refractivity contribution is -0.174. The monoisotopic (exact) mass is 716 g/mol. The normalized spacial score (nSPS) is 14.3. The van der Waals surface area contributed by atoms with Crippen LogP contribution in [0.15, 0.2) is 121 Å². The highest BCUT2D eigenvalue weighted by atomic mass is 16.7. The van der Waals surface area contributed by atoms with E-state index in [4.69, 9.17) is 43.0 Å². The molecule has 1 heterocycles. The van der Waals surface area contributed by atoms with E-state index in [9.17, 15) is 0 Å². The molecule has 1 atom stereocenters. The first-order chi connectivity index (χ1) is 25.8. The van der Waals surface area contributed by atoms with Crippen LogP contribution in [0, 0.1) is 0 Å². The van der Waals surface area contributed by atoms with Gasteiger partial charge in [0, 0.05) is 6.61 Å². The molecule has 52 heavy (non-hydrogen) atoms. The SMILES string of the molecule is OCCOC(COCc1ccccc1)COCc1ccccc1.c1ccc(COCC(COCc2ccccc2)OCCOC2CCCCO2)cc1. The van der Waals surface area contributed by atoms with Crippen molar-refractivity contribution in [3.05, 3.63) is 144 Å². The van der Waals surface area contributed by atoms with Gasteiger partial charge in [0.25, 0.3) is 0 Å². The summed E-state index contributed by atoms with van der Waals surface area (Å²) in [5.74, 6) is 0. The summed E-state index contributed by atoms with van der Waals surface area (Å²) in [5.41, 5.74) is 4.54. The Kier molecular flexibility index (Phi) is 21.6. The van der Waals surface area contributed by atoms with Gasteiger partial charge < -0.3 is 43.0 Å². The molecule has 1 unspecified atom stereocenters. The average Bonchev–Trinajstić information content (AvgIpc) is 3.20. The van der Waals surface area contributed by atoms with Crippen molar-refractivity contribution in [2.24, 2.45) is 0 Å². The van der Waals surface area contributed by atoms with E-state index in [1.54, 1.807) is 0 Å². The molecule has 0 amide bonds. The van der Waals surface area contributed by atoms with Crippen LogP contribution in [0.4, 0.5) is 0 Å². The summed E-state index contributed by atoms with van der Waals surface area (Å²) in [7, 11) is 0. The molecule has 0 bridgehead atoms. The van der Waals surface area contributed by atoms with E-state index in [-0.39, 0.29) is 31.7 Å². The number of rotatable bonds is 24. The zero-order valence-corrected chi connectivity index (χ0v) is 30.3. The van der Waals surface area contributed by atoms with Crippen molar-refractivity contribution in [1.82, 2.24) is 0 Å². The molecular formula is C43H56O9. The number of hydrogen-bond acceptors (Lipinski definition) is 9. The van der Waals surface area contributed by atoms with Crippen LogP contribution in [0.5, 0.6) is 0 Å². The van der Waals surface area contributed by atoms with Gasteiger partial charge in [-0.05, 0) is 41.5 Å². The van der Waals surface area contributed by atoms with Crippen molar-refractivity contribution in [3.8, 4) is 0 Å². The highest BCUT2D eigenvalue weighted by Crippen LogP contribution is 2.14. The maximum atomic E-state index is 8.92. The Morgan fingerprint density at radius 2 is 0.885 bits per heavy atom. The molecule has 5 rings (SSSR count). The minimum Gasteiger partial charge on any atom is -0.394 e. The Balaban J connectivity index is 0.000000239. The molecule has 0 aliphatic carbocycles. The van der Waals surface area contributed by atoms with Crippen molar-refractivity contribution in [2.75, 3.05) is 59.5 Å². The fraction of sp³-hybridized carbons (Fsp3) is 0.442. The fourth-order valence-corrected chi connectivity index (χ4v) is 5.27. The lowest BCUT2D eigenvalue weighted by atomic mass is 10.2. The van der Waals surface area contributed by atoms with Gasteiger partial charge in [-0.15, -0.1) is 0 Å². The van der Waals surface area contributed by atoms with E-state index in [1.165, 1.54) is 0 Å². The second-order valence-corrected chi connectivity index (χ2v) is 12.4. The largest absolute Gasteiger partial charge is 0.394 e. The molecule has 1 fully saturated rings. The summed E-state index contributed by atoms with van der Waals surface area (Å²) >= 11 is 0. The summed E-state index contributed by atoms with van der Waals surface area (Å²) in [5, 5.41) is 8.92. The first-order valence-electron chi connectivity index (χ1n) is 18.3. The van der Waals surface area contributed by atoms with Crippen LogP contribution >= 0.6 is 0 Å². The van der Waals surface area contributed by atoms with Gasteiger partial charge >= 0.3 is 0 Å². The minimum atomic E-state index is -0.186. The van der Waals surface area contributed by atoms with Crippen molar-refractivity contribution < 1.29 is 43.0 Å². The zero-order valence-electron chi connectivity index (χ0n) is 30.3. The molecule has 4 aromatic carbocycles. The molecular weight excluding hydrogens is 660 g/mol. The van der Waals surface area contributed by atoms with Gasteiger partial charge in [0.2, 0.25) is 0 Å². The Hall–Kier alpha value is -3.48. The molecule has 9 nitrogen and oxygen atoms in total. The van der Waals surface area contributed by atoms with Crippen LogP contribution in [0.25, 0.3) is 0 Å². The van der Waals surface area contributed by atoms with E-state index in [0.717, 1.165) is 48.1 Å². The molecule has 1 saturated heterocycles. The molecule has 9 heteroatoms. The summed E-state index contributed by atoms with van der Waals surface area (Å²) in [4.78, 5) is 0. The minimum absolute atomic E-state index is 0.00608. The van der Waals surface area contributed by atoms with E-state index in [0.29, 0.717) is 66.1 Å². The van der Waals surface area contributed by atoms with Crippen LogP contribution in [-0.2, 0) is 64.3 Å². The summed E-state index contributed by atoms with van der Waals surface area (Å²) in [6.07, 6.45) is 2.83. The maximum absolute atomic E-state index is 8.92. The summed E-state index contributed by atoms with van der Waals surface area (Å²) in [6, 6.07) is 40.3. The molecule has 1 aliphatic rings. The van der Waals surface area contributed by atoms with Gasteiger partial charge in [0.05, 0.1) is 79.3 Å². The van der Waals surface area contributed by atoms with Crippen molar-refractivity contribution in [1.29, 1.82) is 0 Å². The topological polar surface area (TPSA) is 94.1 Å².